The molecule has 0 aliphatic carbocycles. The highest BCUT2D eigenvalue weighted by Crippen LogP contribution is 2.15. The van der Waals surface area contributed by atoms with E-state index in [9.17, 15) is 4.79 Å². The van der Waals surface area contributed by atoms with Crippen LogP contribution in [0.15, 0.2) is 59.9 Å². The molecular weight excluding hydrogens is 493 g/mol. The number of carbonyl (C=O) groups excluding carboxylic acids is 1. The van der Waals surface area contributed by atoms with Gasteiger partial charge in [-0.2, -0.15) is 5.10 Å². The minimum atomic E-state index is -0.0788. The van der Waals surface area contributed by atoms with Gasteiger partial charge in [0, 0.05) is 38.3 Å². The predicted octanol–water partition coefficient (Wildman–Crippen LogP) is 2.36. The quantitative estimate of drug-likeness (QED) is 0.218. The van der Waals surface area contributed by atoms with Crippen LogP contribution in [-0.4, -0.2) is 47.7 Å². The van der Waals surface area contributed by atoms with E-state index in [-0.39, 0.29) is 29.9 Å². The Hall–Kier alpha value is -2.95. The number of H-pyrrole nitrogens is 1. The van der Waals surface area contributed by atoms with Gasteiger partial charge >= 0.3 is 0 Å². The largest absolute Gasteiger partial charge is 0.356 e. The van der Waals surface area contributed by atoms with Gasteiger partial charge in [0.15, 0.2) is 11.8 Å². The number of hydrogen-bond acceptors (Lipinski definition) is 4. The Morgan fingerprint density at radius 3 is 2.63 bits per heavy atom. The van der Waals surface area contributed by atoms with Crippen LogP contribution in [0.5, 0.6) is 0 Å². The van der Waals surface area contributed by atoms with Gasteiger partial charge in [-0.05, 0) is 35.7 Å². The lowest BCUT2D eigenvalue weighted by molar-refractivity contribution is 0.0963. The van der Waals surface area contributed by atoms with Crippen LogP contribution < -0.4 is 16.0 Å². The molecule has 0 unspecified atom stereocenters. The smallest absolute Gasteiger partial charge is 0.251 e. The van der Waals surface area contributed by atoms with Crippen LogP contribution in [0.4, 0.5) is 0 Å². The number of benzene rings is 2. The highest BCUT2D eigenvalue weighted by Gasteiger charge is 2.05. The molecule has 0 bridgehead atoms. The maximum absolute atomic E-state index is 11.7. The number of halogens is 1. The normalized spacial score (nSPS) is 10.8. The summed E-state index contributed by atoms with van der Waals surface area (Å²) in [7, 11) is 3.37. The van der Waals surface area contributed by atoms with E-state index in [2.05, 4.69) is 42.2 Å². The third-order valence-electron chi connectivity index (χ3n) is 4.42. The van der Waals surface area contributed by atoms with E-state index in [0.29, 0.717) is 18.7 Å². The molecule has 0 saturated carbocycles. The third kappa shape index (κ3) is 6.55. The van der Waals surface area contributed by atoms with E-state index >= 15 is 0 Å². The monoisotopic (exact) mass is 519 g/mol. The summed E-state index contributed by atoms with van der Waals surface area (Å²) in [6.07, 6.45) is 2.28. The molecule has 3 aromatic rings. The Morgan fingerprint density at radius 2 is 1.90 bits per heavy atom. The van der Waals surface area contributed by atoms with Crippen molar-refractivity contribution in [1.82, 2.24) is 31.1 Å². The van der Waals surface area contributed by atoms with Gasteiger partial charge in [0.2, 0.25) is 0 Å². The number of aromatic amines is 1. The number of aromatic nitrogens is 3. The van der Waals surface area contributed by atoms with Crippen molar-refractivity contribution in [3.63, 3.8) is 0 Å². The van der Waals surface area contributed by atoms with Gasteiger partial charge in [-0.3, -0.25) is 14.9 Å². The number of rotatable bonds is 7. The lowest BCUT2D eigenvalue weighted by Gasteiger charge is -2.12. The summed E-state index contributed by atoms with van der Waals surface area (Å²) in [5.74, 6) is 1.38. The first-order valence-corrected chi connectivity index (χ1v) is 9.40. The molecule has 2 aromatic carbocycles. The van der Waals surface area contributed by atoms with E-state index in [1.807, 2.05) is 42.5 Å². The van der Waals surface area contributed by atoms with Crippen molar-refractivity contribution in [3.05, 3.63) is 71.5 Å². The number of aliphatic imine (C=N–C) groups is 1. The van der Waals surface area contributed by atoms with E-state index in [4.69, 9.17) is 0 Å². The molecule has 0 radical (unpaired) electrons. The second kappa shape index (κ2) is 11.9. The molecule has 0 atom stereocenters. The number of guanidine groups is 1. The van der Waals surface area contributed by atoms with Gasteiger partial charge < -0.3 is 16.0 Å². The Kier molecular flexibility index (Phi) is 9.26. The van der Waals surface area contributed by atoms with E-state index in [1.165, 1.54) is 6.33 Å². The molecule has 30 heavy (non-hydrogen) atoms. The number of amides is 1. The zero-order chi connectivity index (χ0) is 20.5. The highest BCUT2D eigenvalue weighted by molar-refractivity contribution is 14.0. The van der Waals surface area contributed by atoms with E-state index in [0.717, 1.165) is 34.9 Å². The van der Waals surface area contributed by atoms with Crippen molar-refractivity contribution in [1.29, 1.82) is 0 Å². The van der Waals surface area contributed by atoms with Gasteiger partial charge in [0.25, 0.3) is 5.91 Å². The number of nitrogens with zero attached hydrogens (tertiary/aromatic N) is 3. The topological polar surface area (TPSA) is 107 Å². The van der Waals surface area contributed by atoms with Crippen molar-refractivity contribution in [2.45, 2.75) is 13.0 Å². The molecule has 8 nitrogen and oxygen atoms in total. The van der Waals surface area contributed by atoms with Crippen molar-refractivity contribution in [3.8, 4) is 11.4 Å². The van der Waals surface area contributed by atoms with Crippen LogP contribution in [0.1, 0.15) is 21.5 Å². The lowest BCUT2D eigenvalue weighted by atomic mass is 10.1. The molecule has 3 rings (SSSR count). The Labute approximate surface area is 193 Å². The Morgan fingerprint density at radius 1 is 1.10 bits per heavy atom. The average molecular weight is 519 g/mol. The molecule has 0 aliphatic rings. The first-order chi connectivity index (χ1) is 14.2. The first-order valence-electron chi connectivity index (χ1n) is 9.40. The van der Waals surface area contributed by atoms with Gasteiger partial charge in [0.1, 0.15) is 6.33 Å². The van der Waals surface area contributed by atoms with Crippen molar-refractivity contribution in [2.24, 2.45) is 4.99 Å². The number of nitrogens with one attached hydrogen (secondary N) is 4. The van der Waals surface area contributed by atoms with Gasteiger partial charge in [-0.25, -0.2) is 4.98 Å². The van der Waals surface area contributed by atoms with Gasteiger partial charge in [-0.1, -0.05) is 30.3 Å². The highest BCUT2D eigenvalue weighted by atomic mass is 127. The summed E-state index contributed by atoms with van der Waals surface area (Å²) in [5.41, 5.74) is 3.86. The van der Waals surface area contributed by atoms with Crippen LogP contribution in [0.2, 0.25) is 0 Å². The van der Waals surface area contributed by atoms with E-state index in [1.54, 1.807) is 14.1 Å². The predicted molar refractivity (Wildman–Crippen MR) is 129 cm³/mol. The van der Waals surface area contributed by atoms with Crippen LogP contribution >= 0.6 is 24.0 Å². The summed E-state index contributed by atoms with van der Waals surface area (Å²) in [6.45, 7) is 1.34. The molecular formula is C21H26IN7O. The standard InChI is InChI=1S/C21H25N7O.HI/c1-22-20(29)18-8-3-5-15(11-18)9-10-24-21(23-2)25-13-16-6-4-7-17(12-16)19-26-14-27-28-19;/h3-8,11-12,14H,9-10,13H2,1-2H3,(H,22,29)(H2,23,24,25)(H,26,27,28);1H. The van der Waals surface area contributed by atoms with Crippen LogP contribution in [-0.2, 0) is 13.0 Å². The Bertz CT molecular complexity index is 973. The van der Waals surface area contributed by atoms with Crippen LogP contribution in [0.25, 0.3) is 11.4 Å². The second-order valence-electron chi connectivity index (χ2n) is 6.42. The first kappa shape index (κ1) is 23.3. The number of carbonyl (C=O) groups is 1. The SMILES string of the molecule is CN=C(NCCc1cccc(C(=O)NC)c1)NCc1cccc(-c2ncn[nH]2)c1.I. The number of hydrogen-bond donors (Lipinski definition) is 4. The van der Waals surface area contributed by atoms with Crippen molar-refractivity contribution >= 4 is 35.8 Å². The molecule has 4 N–H and O–H groups in total. The fraction of sp³-hybridized carbons (Fsp3) is 0.238. The van der Waals surface area contributed by atoms with Gasteiger partial charge in [-0.15, -0.1) is 24.0 Å². The van der Waals surface area contributed by atoms with E-state index < -0.39 is 0 Å². The average Bonchev–Trinajstić information content (AvgIpc) is 3.31. The lowest BCUT2D eigenvalue weighted by Crippen LogP contribution is -2.37. The van der Waals surface area contributed by atoms with Crippen LogP contribution in [0, 0.1) is 0 Å². The molecule has 0 aliphatic heterocycles. The zero-order valence-corrected chi connectivity index (χ0v) is 19.3. The Balaban J connectivity index is 0.00000320. The molecule has 158 valence electrons. The maximum Gasteiger partial charge on any atom is 0.251 e. The molecule has 9 heteroatoms. The van der Waals surface area contributed by atoms with Crippen LogP contribution in [0.3, 0.4) is 0 Å². The molecule has 1 amide bonds. The zero-order valence-electron chi connectivity index (χ0n) is 17.0. The molecule has 1 heterocycles. The minimum Gasteiger partial charge on any atom is -0.356 e. The fourth-order valence-corrected chi connectivity index (χ4v) is 2.92. The molecule has 0 spiro atoms. The molecule has 0 fully saturated rings. The third-order valence-corrected chi connectivity index (χ3v) is 4.42. The maximum atomic E-state index is 11.7. The minimum absolute atomic E-state index is 0. The molecule has 1 aromatic heterocycles. The second-order valence-corrected chi connectivity index (χ2v) is 6.42. The summed E-state index contributed by atoms with van der Waals surface area (Å²) >= 11 is 0. The molecule has 0 saturated heterocycles. The summed E-state index contributed by atoms with van der Waals surface area (Å²) in [4.78, 5) is 20.2. The van der Waals surface area contributed by atoms with Crippen molar-refractivity contribution in [2.75, 3.05) is 20.6 Å². The summed E-state index contributed by atoms with van der Waals surface area (Å²) in [6, 6.07) is 15.7. The van der Waals surface area contributed by atoms with Crippen molar-refractivity contribution < 1.29 is 4.79 Å². The van der Waals surface area contributed by atoms with Gasteiger partial charge in [0.05, 0.1) is 0 Å². The summed E-state index contributed by atoms with van der Waals surface area (Å²) in [5, 5.41) is 16.0. The summed E-state index contributed by atoms with van der Waals surface area (Å²) < 4.78 is 0. The fourth-order valence-electron chi connectivity index (χ4n) is 2.92.